The molecule has 0 aliphatic heterocycles. The SMILES string of the molecule is C#CCCC[Si](C(C)C)(C(C)C)C(C)C. The minimum atomic E-state index is -1.16. The topological polar surface area (TPSA) is 0 Å². The smallest absolute Gasteiger partial charge is 0.0613 e. The largest absolute Gasteiger partial charge is 0.120 e. The predicted octanol–water partition coefficient (Wildman–Crippen LogP) is 5.08. The van der Waals surface area contributed by atoms with Gasteiger partial charge in [-0.2, -0.15) is 0 Å². The van der Waals surface area contributed by atoms with Gasteiger partial charge in [-0.05, 0) is 6.42 Å². The van der Waals surface area contributed by atoms with Gasteiger partial charge in [-0.15, -0.1) is 12.3 Å². The van der Waals surface area contributed by atoms with Crippen molar-refractivity contribution in [3.8, 4) is 12.3 Å². The molecule has 0 rings (SSSR count). The van der Waals surface area contributed by atoms with Crippen LogP contribution in [0.15, 0.2) is 0 Å². The van der Waals surface area contributed by atoms with E-state index in [1.807, 2.05) is 0 Å². The van der Waals surface area contributed by atoms with E-state index in [1.54, 1.807) is 0 Å². The fraction of sp³-hybridized carbons (Fsp3) is 0.857. The van der Waals surface area contributed by atoms with E-state index in [-0.39, 0.29) is 0 Å². The Bertz CT molecular complexity index is 186. The monoisotopic (exact) mass is 224 g/mol. The first kappa shape index (κ1) is 14.8. The van der Waals surface area contributed by atoms with Crippen molar-refractivity contribution in [2.45, 2.75) is 77.1 Å². The number of unbranched alkanes of at least 4 members (excludes halogenated alkanes) is 1. The zero-order valence-corrected chi connectivity index (χ0v) is 12.4. The number of hydrogen-bond acceptors (Lipinski definition) is 0. The van der Waals surface area contributed by atoms with Gasteiger partial charge in [0.2, 0.25) is 0 Å². The standard InChI is InChI=1S/C14H28Si/c1-8-9-10-11-15(12(2)3,13(4)5)14(6)7/h1,12-14H,9-11H2,2-7H3. The lowest BCUT2D eigenvalue weighted by Crippen LogP contribution is -2.44. The summed E-state index contributed by atoms with van der Waals surface area (Å²) in [7, 11) is -1.16. The molecule has 0 aliphatic rings. The lowest BCUT2D eigenvalue weighted by Gasteiger charge is -2.43. The summed E-state index contributed by atoms with van der Waals surface area (Å²) in [6, 6.07) is 1.41. The van der Waals surface area contributed by atoms with Gasteiger partial charge in [-0.3, -0.25) is 0 Å². The maximum absolute atomic E-state index is 5.35. The molecule has 0 atom stereocenters. The maximum atomic E-state index is 5.35. The van der Waals surface area contributed by atoms with Crippen LogP contribution in [0.1, 0.15) is 54.4 Å². The molecule has 0 saturated heterocycles. The lowest BCUT2D eigenvalue weighted by molar-refractivity contribution is 0.773. The molecule has 0 radical (unpaired) electrons. The van der Waals surface area contributed by atoms with Gasteiger partial charge in [-0.1, -0.05) is 64.2 Å². The summed E-state index contributed by atoms with van der Waals surface area (Å²) in [4.78, 5) is 0. The molecule has 0 aromatic heterocycles. The normalized spacial score (nSPS) is 12.5. The van der Waals surface area contributed by atoms with Crippen molar-refractivity contribution in [1.29, 1.82) is 0 Å². The van der Waals surface area contributed by atoms with Crippen LogP contribution in [0, 0.1) is 12.3 Å². The van der Waals surface area contributed by atoms with Crippen LogP contribution in [0.4, 0.5) is 0 Å². The van der Waals surface area contributed by atoms with E-state index < -0.39 is 8.07 Å². The van der Waals surface area contributed by atoms with Crippen LogP contribution in [-0.4, -0.2) is 8.07 Å². The summed E-state index contributed by atoms with van der Waals surface area (Å²) in [5, 5.41) is 0. The maximum Gasteiger partial charge on any atom is 0.0613 e. The van der Waals surface area contributed by atoms with E-state index in [0.29, 0.717) is 0 Å². The van der Waals surface area contributed by atoms with Crippen molar-refractivity contribution in [2.24, 2.45) is 0 Å². The lowest BCUT2D eigenvalue weighted by atomic mass is 10.4. The molecule has 0 fully saturated rings. The van der Waals surface area contributed by atoms with Gasteiger partial charge < -0.3 is 0 Å². The molecule has 0 nitrogen and oxygen atoms in total. The highest BCUT2D eigenvalue weighted by Gasteiger charge is 2.41. The summed E-state index contributed by atoms with van der Waals surface area (Å²) in [5.74, 6) is 2.78. The first-order valence-corrected chi connectivity index (χ1v) is 8.77. The minimum Gasteiger partial charge on any atom is -0.120 e. The molecule has 15 heavy (non-hydrogen) atoms. The van der Waals surface area contributed by atoms with Crippen LogP contribution < -0.4 is 0 Å². The van der Waals surface area contributed by atoms with Crippen molar-refractivity contribution in [2.75, 3.05) is 0 Å². The van der Waals surface area contributed by atoms with Gasteiger partial charge >= 0.3 is 0 Å². The molecule has 0 bridgehead atoms. The summed E-state index contributed by atoms with van der Waals surface area (Å²) < 4.78 is 0. The molecule has 0 spiro atoms. The third kappa shape index (κ3) is 3.38. The average molecular weight is 224 g/mol. The highest BCUT2D eigenvalue weighted by molar-refractivity contribution is 6.83. The summed E-state index contributed by atoms with van der Waals surface area (Å²) in [6.45, 7) is 14.5. The van der Waals surface area contributed by atoms with Crippen molar-refractivity contribution in [1.82, 2.24) is 0 Å². The molecule has 88 valence electrons. The van der Waals surface area contributed by atoms with Crippen LogP contribution in [-0.2, 0) is 0 Å². The van der Waals surface area contributed by atoms with Gasteiger partial charge in [0.15, 0.2) is 0 Å². The van der Waals surface area contributed by atoms with Gasteiger partial charge in [0.1, 0.15) is 0 Å². The van der Waals surface area contributed by atoms with Crippen LogP contribution in [0.5, 0.6) is 0 Å². The molecular weight excluding hydrogens is 196 g/mol. The zero-order chi connectivity index (χ0) is 12.1. The number of rotatable bonds is 6. The Balaban J connectivity index is 4.74. The first-order chi connectivity index (χ1) is 6.89. The summed E-state index contributed by atoms with van der Waals surface area (Å²) >= 11 is 0. The van der Waals surface area contributed by atoms with Crippen LogP contribution in [0.3, 0.4) is 0 Å². The quantitative estimate of drug-likeness (QED) is 0.335. The molecule has 0 saturated carbocycles. The van der Waals surface area contributed by atoms with Gasteiger partial charge in [-0.25, -0.2) is 0 Å². The zero-order valence-electron chi connectivity index (χ0n) is 11.4. The van der Waals surface area contributed by atoms with Gasteiger partial charge in [0.05, 0.1) is 8.07 Å². The average Bonchev–Trinajstić information content (AvgIpc) is 2.10. The predicted molar refractivity (Wildman–Crippen MR) is 73.9 cm³/mol. The van der Waals surface area contributed by atoms with Crippen LogP contribution in [0.25, 0.3) is 0 Å². The summed E-state index contributed by atoms with van der Waals surface area (Å²) in [6.07, 6.45) is 7.54. The second-order valence-electron chi connectivity index (χ2n) is 5.63. The molecule has 0 N–H and O–H groups in total. The van der Waals surface area contributed by atoms with Crippen LogP contribution >= 0.6 is 0 Å². The molecule has 0 amide bonds. The van der Waals surface area contributed by atoms with Crippen molar-refractivity contribution in [3.63, 3.8) is 0 Å². The fourth-order valence-corrected chi connectivity index (χ4v) is 9.88. The number of terminal acetylenes is 1. The van der Waals surface area contributed by atoms with Crippen molar-refractivity contribution >= 4 is 8.07 Å². The van der Waals surface area contributed by atoms with Gasteiger partial charge in [0, 0.05) is 6.42 Å². The Kier molecular flexibility index (Phi) is 6.28. The Morgan fingerprint density at radius 3 is 1.60 bits per heavy atom. The van der Waals surface area contributed by atoms with E-state index >= 15 is 0 Å². The highest BCUT2D eigenvalue weighted by Crippen LogP contribution is 2.45. The molecule has 0 unspecified atom stereocenters. The third-order valence-electron chi connectivity index (χ3n) is 4.16. The Hall–Kier alpha value is -0.223. The van der Waals surface area contributed by atoms with Crippen molar-refractivity contribution < 1.29 is 0 Å². The van der Waals surface area contributed by atoms with Crippen LogP contribution in [0.2, 0.25) is 22.7 Å². The summed E-state index contributed by atoms with van der Waals surface area (Å²) in [5.41, 5.74) is 2.61. The van der Waals surface area contributed by atoms with E-state index in [1.165, 1.54) is 12.5 Å². The fourth-order valence-electron chi connectivity index (χ4n) is 3.36. The Morgan fingerprint density at radius 1 is 0.933 bits per heavy atom. The number of hydrogen-bond donors (Lipinski definition) is 0. The minimum absolute atomic E-state index is 0.871. The second kappa shape index (κ2) is 6.38. The Morgan fingerprint density at radius 2 is 1.33 bits per heavy atom. The van der Waals surface area contributed by atoms with E-state index in [2.05, 4.69) is 47.5 Å². The Labute approximate surface area is 97.9 Å². The molecule has 1 heteroatoms. The second-order valence-corrected chi connectivity index (χ2v) is 11.8. The van der Waals surface area contributed by atoms with E-state index in [0.717, 1.165) is 23.0 Å². The molecule has 0 aromatic carbocycles. The van der Waals surface area contributed by atoms with Crippen molar-refractivity contribution in [3.05, 3.63) is 0 Å². The highest BCUT2D eigenvalue weighted by atomic mass is 28.3. The first-order valence-electron chi connectivity index (χ1n) is 6.33. The van der Waals surface area contributed by atoms with Gasteiger partial charge in [0.25, 0.3) is 0 Å². The third-order valence-corrected chi connectivity index (χ3v) is 11.8. The van der Waals surface area contributed by atoms with E-state index in [4.69, 9.17) is 6.42 Å². The molecule has 0 aromatic rings. The van der Waals surface area contributed by atoms with E-state index in [9.17, 15) is 0 Å². The molecular formula is C14H28Si. The molecule has 0 heterocycles. The molecule has 0 aliphatic carbocycles.